The molecule has 0 aliphatic rings. The Balaban J connectivity index is 1.48. The largest absolute Gasteiger partial charge is 0.344 e. The lowest BCUT2D eigenvalue weighted by atomic mass is 10.0. The minimum Gasteiger partial charge on any atom is -0.344 e. The number of amides is 1. The Bertz CT molecular complexity index is 1160. The fourth-order valence-electron chi connectivity index (χ4n) is 3.51. The van der Waals surface area contributed by atoms with Gasteiger partial charge in [0.15, 0.2) is 10.6 Å². The minimum absolute atomic E-state index is 0.0173. The predicted octanol–water partition coefficient (Wildman–Crippen LogP) is 5.98. The number of carbonyl (C=O) groups is 1. The monoisotopic (exact) mass is 468 g/mol. The fraction of sp³-hybridized carbons (Fsp3) is 0.261. The molecule has 0 saturated carbocycles. The zero-order chi connectivity index (χ0) is 21.6. The van der Waals surface area contributed by atoms with E-state index in [1.807, 2.05) is 33.5 Å². The highest BCUT2D eigenvalue weighted by molar-refractivity contribution is 7.71. The van der Waals surface area contributed by atoms with Crippen LogP contribution in [0.1, 0.15) is 41.8 Å². The first-order valence-electron chi connectivity index (χ1n) is 10.3. The third-order valence-corrected chi connectivity index (χ3v) is 7.16. The van der Waals surface area contributed by atoms with Gasteiger partial charge in [-0.1, -0.05) is 49.7 Å². The zero-order valence-electron chi connectivity index (χ0n) is 17.2. The Labute approximate surface area is 194 Å². The summed E-state index contributed by atoms with van der Waals surface area (Å²) in [5.41, 5.74) is 2.41. The van der Waals surface area contributed by atoms with Crippen LogP contribution in [0.4, 0.5) is 0 Å². The maximum absolute atomic E-state index is 12.9. The first-order chi connectivity index (χ1) is 15.2. The van der Waals surface area contributed by atoms with Crippen molar-refractivity contribution in [1.82, 2.24) is 20.1 Å². The molecule has 8 heteroatoms. The van der Waals surface area contributed by atoms with Gasteiger partial charge in [0.25, 0.3) is 0 Å². The lowest BCUT2D eigenvalue weighted by Crippen LogP contribution is -2.29. The second kappa shape index (κ2) is 10.2. The molecule has 5 nitrogen and oxygen atoms in total. The van der Waals surface area contributed by atoms with Gasteiger partial charge in [0.2, 0.25) is 5.91 Å². The van der Waals surface area contributed by atoms with Gasteiger partial charge in [-0.3, -0.25) is 14.5 Å². The molecule has 31 heavy (non-hydrogen) atoms. The summed E-state index contributed by atoms with van der Waals surface area (Å²) in [5.74, 6) is 0.755. The summed E-state index contributed by atoms with van der Waals surface area (Å²) in [6.07, 6.45) is 2.50. The van der Waals surface area contributed by atoms with Gasteiger partial charge >= 0.3 is 0 Å². The third kappa shape index (κ3) is 5.20. The molecule has 160 valence electrons. The molecule has 0 bridgehead atoms. The van der Waals surface area contributed by atoms with E-state index in [0.29, 0.717) is 17.7 Å². The van der Waals surface area contributed by atoms with E-state index in [4.69, 9.17) is 12.2 Å². The predicted molar refractivity (Wildman–Crippen MR) is 130 cm³/mol. The van der Waals surface area contributed by atoms with Gasteiger partial charge in [-0.05, 0) is 52.7 Å². The number of thiophene rings is 2. The van der Waals surface area contributed by atoms with Crippen molar-refractivity contribution in [2.24, 2.45) is 0 Å². The van der Waals surface area contributed by atoms with Crippen LogP contribution in [0.25, 0.3) is 10.7 Å². The summed E-state index contributed by atoms with van der Waals surface area (Å²) >= 11 is 8.63. The zero-order valence-corrected chi connectivity index (χ0v) is 19.7. The Hall–Kier alpha value is -2.55. The highest BCUT2D eigenvalue weighted by Crippen LogP contribution is 2.27. The molecule has 1 atom stereocenters. The molecule has 1 unspecified atom stereocenters. The number of nitrogens with zero attached hydrogens (tertiary/aromatic N) is 2. The van der Waals surface area contributed by atoms with Crippen molar-refractivity contribution in [3.05, 3.63) is 80.1 Å². The summed E-state index contributed by atoms with van der Waals surface area (Å²) in [6.45, 7) is 2.65. The first kappa shape index (κ1) is 21.7. The van der Waals surface area contributed by atoms with Crippen LogP contribution < -0.4 is 5.32 Å². The van der Waals surface area contributed by atoms with Crippen molar-refractivity contribution in [1.29, 1.82) is 0 Å². The van der Waals surface area contributed by atoms with Crippen molar-refractivity contribution < 1.29 is 4.79 Å². The fourth-order valence-corrected chi connectivity index (χ4v) is 5.25. The standard InChI is InChI=1S/C23H24N4OS3/c1-2-5-16-8-10-17(11-9-16)21(18-6-3-14-30-18)24-20(28)12-13-27-22(25-26-23(27)29)19-7-4-15-31-19/h3-4,6-11,14-15,21H,2,5,12-13H2,1H3,(H,24,28)(H,26,29). The topological polar surface area (TPSA) is 62.7 Å². The van der Waals surface area contributed by atoms with Gasteiger partial charge in [-0.15, -0.1) is 22.7 Å². The van der Waals surface area contributed by atoms with E-state index in [0.717, 1.165) is 34.0 Å². The molecule has 3 aromatic heterocycles. The Morgan fingerprint density at radius 3 is 2.61 bits per heavy atom. The average Bonchev–Trinajstić information content (AvgIpc) is 3.54. The van der Waals surface area contributed by atoms with Crippen molar-refractivity contribution in [3.63, 3.8) is 0 Å². The molecular weight excluding hydrogens is 444 g/mol. The van der Waals surface area contributed by atoms with Crippen molar-refractivity contribution in [2.45, 2.75) is 38.8 Å². The van der Waals surface area contributed by atoms with Gasteiger partial charge in [0.05, 0.1) is 10.9 Å². The molecule has 4 aromatic rings. The molecular formula is C23H24N4OS3. The minimum atomic E-state index is -0.155. The Morgan fingerprint density at radius 2 is 1.94 bits per heavy atom. The third-order valence-electron chi connectivity index (χ3n) is 5.05. The molecule has 1 aromatic carbocycles. The second-order valence-electron chi connectivity index (χ2n) is 7.24. The second-order valence-corrected chi connectivity index (χ2v) is 9.55. The molecule has 4 rings (SSSR count). The summed E-state index contributed by atoms with van der Waals surface area (Å²) in [7, 11) is 0. The van der Waals surface area contributed by atoms with Crippen LogP contribution >= 0.6 is 34.9 Å². The smallest absolute Gasteiger partial charge is 0.222 e. The number of rotatable bonds is 9. The molecule has 0 aliphatic heterocycles. The van der Waals surface area contributed by atoms with Crippen LogP contribution in [-0.4, -0.2) is 20.7 Å². The van der Waals surface area contributed by atoms with Crippen LogP contribution in [0.15, 0.2) is 59.3 Å². The van der Waals surface area contributed by atoms with E-state index in [2.05, 4.69) is 52.8 Å². The van der Waals surface area contributed by atoms with Crippen LogP contribution in [0.5, 0.6) is 0 Å². The number of hydrogen-bond donors (Lipinski definition) is 2. The Kier molecular flexibility index (Phi) is 7.11. The quantitative estimate of drug-likeness (QED) is 0.297. The number of carbonyl (C=O) groups excluding carboxylic acids is 1. The lowest BCUT2D eigenvalue weighted by molar-refractivity contribution is -0.121. The molecule has 0 spiro atoms. The van der Waals surface area contributed by atoms with Gasteiger partial charge < -0.3 is 5.32 Å². The molecule has 0 radical (unpaired) electrons. The number of aromatic nitrogens is 3. The van der Waals surface area contributed by atoms with Crippen LogP contribution in [0, 0.1) is 4.77 Å². The summed E-state index contributed by atoms with van der Waals surface area (Å²) in [6, 6.07) is 16.5. The van der Waals surface area contributed by atoms with Gasteiger partial charge in [-0.25, -0.2) is 0 Å². The van der Waals surface area contributed by atoms with E-state index >= 15 is 0 Å². The van der Waals surface area contributed by atoms with E-state index < -0.39 is 0 Å². The van der Waals surface area contributed by atoms with Crippen LogP contribution in [0.3, 0.4) is 0 Å². The van der Waals surface area contributed by atoms with Gasteiger partial charge in [-0.2, -0.15) is 5.10 Å². The van der Waals surface area contributed by atoms with Gasteiger partial charge in [0, 0.05) is 17.8 Å². The maximum Gasteiger partial charge on any atom is 0.222 e. The number of hydrogen-bond acceptors (Lipinski definition) is 5. The highest BCUT2D eigenvalue weighted by Gasteiger charge is 2.19. The molecule has 1 amide bonds. The highest BCUT2D eigenvalue weighted by atomic mass is 32.1. The SMILES string of the molecule is CCCc1ccc(C(NC(=O)CCn2c(-c3cccs3)n[nH]c2=S)c2cccs2)cc1. The summed E-state index contributed by atoms with van der Waals surface area (Å²) in [4.78, 5) is 15.1. The molecule has 0 aliphatic carbocycles. The van der Waals surface area contributed by atoms with Crippen molar-refractivity contribution in [3.8, 4) is 10.7 Å². The van der Waals surface area contributed by atoms with E-state index in [1.54, 1.807) is 22.7 Å². The van der Waals surface area contributed by atoms with Crippen molar-refractivity contribution >= 4 is 40.8 Å². The average molecular weight is 469 g/mol. The van der Waals surface area contributed by atoms with E-state index in [9.17, 15) is 4.79 Å². The lowest BCUT2D eigenvalue weighted by Gasteiger charge is -2.19. The number of aryl methyl sites for hydroxylation is 1. The van der Waals surface area contributed by atoms with Crippen LogP contribution in [0.2, 0.25) is 0 Å². The number of aromatic amines is 1. The molecule has 0 fully saturated rings. The van der Waals surface area contributed by atoms with E-state index in [-0.39, 0.29) is 11.9 Å². The molecule has 2 N–H and O–H groups in total. The number of H-pyrrole nitrogens is 1. The maximum atomic E-state index is 12.9. The normalized spacial score (nSPS) is 12.0. The first-order valence-corrected chi connectivity index (χ1v) is 12.4. The number of benzene rings is 1. The number of nitrogens with one attached hydrogen (secondary N) is 2. The summed E-state index contributed by atoms with van der Waals surface area (Å²) < 4.78 is 2.41. The van der Waals surface area contributed by atoms with Crippen LogP contribution in [-0.2, 0) is 17.8 Å². The van der Waals surface area contributed by atoms with Gasteiger partial charge in [0.1, 0.15) is 0 Å². The summed E-state index contributed by atoms with van der Waals surface area (Å²) in [5, 5.41) is 14.4. The molecule has 3 heterocycles. The Morgan fingerprint density at radius 1 is 1.16 bits per heavy atom. The van der Waals surface area contributed by atoms with E-state index in [1.165, 1.54) is 5.56 Å². The van der Waals surface area contributed by atoms with Crippen molar-refractivity contribution in [2.75, 3.05) is 0 Å². The molecule has 0 saturated heterocycles.